The molecule has 0 spiro atoms. The van der Waals surface area contributed by atoms with Gasteiger partial charge in [-0.2, -0.15) is 0 Å². The molecule has 2 N–H and O–H groups in total. The summed E-state index contributed by atoms with van der Waals surface area (Å²) in [6, 6.07) is 0. The van der Waals surface area contributed by atoms with E-state index < -0.39 is 10.8 Å². The standard InChI is InChI=1S/C7H9NO3S/c1-2-5(9)7(6(10)11)8-3-4-12-7/h3-4,8H,2H2,1H3,(H,10,11). The number of carboxylic acids is 1. The highest BCUT2D eigenvalue weighted by atomic mass is 32.2. The van der Waals surface area contributed by atoms with Crippen LogP contribution in [-0.4, -0.2) is 21.7 Å². The van der Waals surface area contributed by atoms with Crippen LogP contribution in [0.4, 0.5) is 0 Å². The number of thioether (sulfide) groups is 1. The van der Waals surface area contributed by atoms with Crippen LogP contribution < -0.4 is 5.32 Å². The maximum absolute atomic E-state index is 11.3. The highest BCUT2D eigenvalue weighted by Gasteiger charge is 2.46. The molecule has 0 fully saturated rings. The van der Waals surface area contributed by atoms with Crippen LogP contribution in [0.3, 0.4) is 0 Å². The summed E-state index contributed by atoms with van der Waals surface area (Å²) in [5.41, 5.74) is 0. The van der Waals surface area contributed by atoms with Crippen LogP contribution in [0.15, 0.2) is 11.6 Å². The summed E-state index contributed by atoms with van der Waals surface area (Å²) in [4.78, 5) is 20.6. The Morgan fingerprint density at radius 1 is 1.67 bits per heavy atom. The van der Waals surface area contributed by atoms with Gasteiger partial charge in [-0.3, -0.25) is 4.79 Å². The maximum Gasteiger partial charge on any atom is 0.348 e. The van der Waals surface area contributed by atoms with Crippen LogP contribution in [0.25, 0.3) is 0 Å². The molecule has 4 nitrogen and oxygen atoms in total. The van der Waals surface area contributed by atoms with E-state index in [9.17, 15) is 9.59 Å². The zero-order valence-corrected chi connectivity index (χ0v) is 7.35. The average molecular weight is 187 g/mol. The van der Waals surface area contributed by atoms with Crippen LogP contribution in [0, 0.1) is 0 Å². The molecular formula is C7H9NO3S. The Kier molecular flexibility index (Phi) is 2.42. The van der Waals surface area contributed by atoms with Crippen molar-refractivity contribution in [1.29, 1.82) is 0 Å². The Labute approximate surface area is 74.0 Å². The number of aliphatic carboxylic acids is 1. The normalized spacial score (nSPS) is 26.8. The van der Waals surface area contributed by atoms with E-state index in [0.29, 0.717) is 0 Å². The number of hydrogen-bond donors (Lipinski definition) is 2. The van der Waals surface area contributed by atoms with Crippen molar-refractivity contribution in [3.63, 3.8) is 0 Å². The first-order valence-corrected chi connectivity index (χ1v) is 4.38. The molecule has 0 aliphatic carbocycles. The predicted octanol–water partition coefficient (Wildman–Crippen LogP) is 0.554. The Morgan fingerprint density at radius 2 is 2.33 bits per heavy atom. The van der Waals surface area contributed by atoms with Gasteiger partial charge in [0.05, 0.1) is 0 Å². The van der Waals surface area contributed by atoms with Gasteiger partial charge in [0.25, 0.3) is 0 Å². The van der Waals surface area contributed by atoms with E-state index in [1.54, 1.807) is 12.3 Å². The van der Waals surface area contributed by atoms with Gasteiger partial charge in [0.1, 0.15) is 0 Å². The molecule has 12 heavy (non-hydrogen) atoms. The molecule has 0 aromatic rings. The van der Waals surface area contributed by atoms with Gasteiger partial charge in [0.2, 0.25) is 4.87 Å². The first kappa shape index (κ1) is 9.12. The molecule has 0 aromatic carbocycles. The van der Waals surface area contributed by atoms with Gasteiger partial charge < -0.3 is 10.4 Å². The molecule has 0 aromatic heterocycles. The van der Waals surface area contributed by atoms with Gasteiger partial charge in [-0.05, 0) is 5.41 Å². The summed E-state index contributed by atoms with van der Waals surface area (Å²) in [6.07, 6.45) is 1.69. The van der Waals surface area contributed by atoms with Crippen LogP contribution >= 0.6 is 11.8 Å². The minimum absolute atomic E-state index is 0.216. The second kappa shape index (κ2) is 3.18. The Morgan fingerprint density at radius 3 is 2.67 bits per heavy atom. The van der Waals surface area contributed by atoms with Crippen molar-refractivity contribution in [2.45, 2.75) is 18.2 Å². The van der Waals surface area contributed by atoms with Gasteiger partial charge in [-0.1, -0.05) is 18.7 Å². The topological polar surface area (TPSA) is 66.4 Å². The van der Waals surface area contributed by atoms with Gasteiger partial charge in [0.15, 0.2) is 5.78 Å². The number of carbonyl (C=O) groups is 2. The van der Waals surface area contributed by atoms with Crippen molar-refractivity contribution >= 4 is 23.5 Å². The number of rotatable bonds is 3. The van der Waals surface area contributed by atoms with E-state index in [2.05, 4.69) is 5.32 Å². The van der Waals surface area contributed by atoms with Gasteiger partial charge in [0, 0.05) is 12.6 Å². The summed E-state index contributed by atoms with van der Waals surface area (Å²) in [5.74, 6) is -1.45. The second-order valence-corrected chi connectivity index (χ2v) is 3.45. The van der Waals surface area contributed by atoms with Crippen LogP contribution in [-0.2, 0) is 9.59 Å². The first-order chi connectivity index (χ1) is 5.63. The first-order valence-electron chi connectivity index (χ1n) is 3.50. The molecule has 0 radical (unpaired) electrons. The zero-order chi connectivity index (χ0) is 9.19. The maximum atomic E-state index is 11.3. The highest BCUT2D eigenvalue weighted by molar-refractivity contribution is 8.05. The molecular weight excluding hydrogens is 178 g/mol. The highest BCUT2D eigenvalue weighted by Crippen LogP contribution is 2.30. The molecule has 0 saturated carbocycles. The van der Waals surface area contributed by atoms with Gasteiger partial charge in [-0.25, -0.2) is 4.79 Å². The van der Waals surface area contributed by atoms with Crippen molar-refractivity contribution in [1.82, 2.24) is 5.32 Å². The Hall–Kier alpha value is -0.970. The summed E-state index contributed by atoms with van der Waals surface area (Å²) in [7, 11) is 0. The number of carbonyl (C=O) groups excluding carboxylic acids is 1. The van der Waals surface area contributed by atoms with Crippen LogP contribution in [0.2, 0.25) is 0 Å². The molecule has 1 aliphatic heterocycles. The lowest BCUT2D eigenvalue weighted by atomic mass is 10.1. The van der Waals surface area contributed by atoms with E-state index in [4.69, 9.17) is 5.11 Å². The zero-order valence-electron chi connectivity index (χ0n) is 6.53. The largest absolute Gasteiger partial charge is 0.478 e. The van der Waals surface area contributed by atoms with E-state index in [1.165, 1.54) is 6.20 Å². The molecule has 1 aliphatic rings. The summed E-state index contributed by atoms with van der Waals surface area (Å²) in [5, 5.41) is 12.9. The fraction of sp³-hybridized carbons (Fsp3) is 0.429. The molecule has 1 unspecified atom stereocenters. The lowest BCUT2D eigenvalue weighted by Crippen LogP contribution is -2.51. The fourth-order valence-electron chi connectivity index (χ4n) is 0.948. The molecule has 66 valence electrons. The van der Waals surface area contributed by atoms with E-state index in [0.717, 1.165) is 11.8 Å². The minimum Gasteiger partial charge on any atom is -0.478 e. The number of carboxylic acid groups (broad SMARTS) is 1. The Balaban J connectivity index is 2.88. The predicted molar refractivity (Wildman–Crippen MR) is 45.5 cm³/mol. The van der Waals surface area contributed by atoms with E-state index >= 15 is 0 Å². The summed E-state index contributed by atoms with van der Waals surface area (Å²) < 4.78 is 0. The molecule has 5 heteroatoms. The average Bonchev–Trinajstić information content (AvgIpc) is 2.52. The molecule has 1 rings (SSSR count). The second-order valence-electron chi connectivity index (χ2n) is 2.33. The number of ketones is 1. The third kappa shape index (κ3) is 1.20. The van der Waals surface area contributed by atoms with E-state index in [1.807, 2.05) is 0 Å². The number of nitrogens with one attached hydrogen (secondary N) is 1. The van der Waals surface area contributed by atoms with Crippen LogP contribution in [0.1, 0.15) is 13.3 Å². The van der Waals surface area contributed by atoms with Crippen LogP contribution in [0.5, 0.6) is 0 Å². The fourth-order valence-corrected chi connectivity index (χ4v) is 1.80. The summed E-state index contributed by atoms with van der Waals surface area (Å²) >= 11 is 0.990. The van der Waals surface area contributed by atoms with Crippen molar-refractivity contribution in [3.05, 3.63) is 11.6 Å². The number of hydrogen-bond acceptors (Lipinski definition) is 4. The van der Waals surface area contributed by atoms with Crippen molar-refractivity contribution in [3.8, 4) is 0 Å². The molecule has 1 heterocycles. The Bertz CT molecular complexity index is 241. The smallest absolute Gasteiger partial charge is 0.348 e. The molecule has 0 amide bonds. The van der Waals surface area contributed by atoms with Crippen molar-refractivity contribution < 1.29 is 14.7 Å². The monoisotopic (exact) mass is 187 g/mol. The van der Waals surface area contributed by atoms with E-state index in [-0.39, 0.29) is 12.2 Å². The van der Waals surface area contributed by atoms with Gasteiger partial charge >= 0.3 is 5.97 Å². The molecule has 0 bridgehead atoms. The minimum atomic E-state index is -1.46. The van der Waals surface area contributed by atoms with Crippen molar-refractivity contribution in [2.24, 2.45) is 0 Å². The third-order valence-corrected chi connectivity index (χ3v) is 2.76. The lowest BCUT2D eigenvalue weighted by Gasteiger charge is -2.21. The summed E-state index contributed by atoms with van der Waals surface area (Å²) in [6.45, 7) is 1.65. The molecule has 1 atom stereocenters. The van der Waals surface area contributed by atoms with Crippen molar-refractivity contribution in [2.75, 3.05) is 0 Å². The number of Topliss-reactive ketones (excluding diaryl/α,β-unsaturated/α-hetero) is 1. The SMILES string of the molecule is CCC(=O)C1(C(=O)O)NC=CS1. The lowest BCUT2D eigenvalue weighted by molar-refractivity contribution is -0.144. The quantitative estimate of drug-likeness (QED) is 0.632. The van der Waals surface area contributed by atoms with Gasteiger partial charge in [-0.15, -0.1) is 0 Å². The molecule has 0 saturated heterocycles. The third-order valence-electron chi connectivity index (χ3n) is 1.61.